The van der Waals surface area contributed by atoms with Crippen molar-refractivity contribution in [3.63, 3.8) is 0 Å². The Morgan fingerprint density at radius 1 is 1.32 bits per heavy atom. The van der Waals surface area contributed by atoms with Gasteiger partial charge in [-0.3, -0.25) is 4.98 Å². The Balaban J connectivity index is 2.09. The largest absolute Gasteiger partial charge is 0.443 e. The first-order valence-corrected chi connectivity index (χ1v) is 12.8. The van der Waals surface area contributed by atoms with Gasteiger partial charge in [-0.2, -0.15) is 13.2 Å². The minimum atomic E-state index is -4.68. The molecule has 0 amide bonds. The van der Waals surface area contributed by atoms with E-state index in [0.717, 1.165) is 26.8 Å². The maximum absolute atomic E-state index is 13.6. The SMILES string of the molecule is C=CC1C=Cc2cc(SCC)c(-c3c(CO)c4ncc(C(F)(F)F)cc4n3C(=O)OC(C)(C)C)nc2C1. The molecule has 0 aliphatic heterocycles. The molecule has 6 nitrogen and oxygen atoms in total. The summed E-state index contributed by atoms with van der Waals surface area (Å²) in [4.78, 5) is 23.2. The molecule has 10 heteroatoms. The number of carbonyl (C=O) groups excluding carboxylic acids is 1. The molecule has 0 fully saturated rings. The third kappa shape index (κ3) is 5.31. The van der Waals surface area contributed by atoms with E-state index in [2.05, 4.69) is 11.6 Å². The number of hydrogen-bond acceptors (Lipinski definition) is 6. The Morgan fingerprint density at radius 2 is 2.05 bits per heavy atom. The van der Waals surface area contributed by atoms with Crippen molar-refractivity contribution in [2.24, 2.45) is 5.92 Å². The molecule has 0 radical (unpaired) electrons. The lowest BCUT2D eigenvalue weighted by molar-refractivity contribution is -0.137. The summed E-state index contributed by atoms with van der Waals surface area (Å²) >= 11 is 1.48. The van der Waals surface area contributed by atoms with Gasteiger partial charge in [-0.1, -0.05) is 25.2 Å². The van der Waals surface area contributed by atoms with Crippen LogP contribution in [0.2, 0.25) is 0 Å². The van der Waals surface area contributed by atoms with Crippen LogP contribution in [0.15, 0.2) is 42.0 Å². The fourth-order valence-corrected chi connectivity index (χ4v) is 5.05. The van der Waals surface area contributed by atoms with E-state index in [0.29, 0.717) is 24.1 Å². The highest BCUT2D eigenvalue weighted by molar-refractivity contribution is 7.99. The molecule has 196 valence electrons. The molecule has 1 atom stereocenters. The molecular weight excluding hydrogens is 503 g/mol. The Morgan fingerprint density at radius 3 is 2.65 bits per heavy atom. The number of aromatic nitrogens is 3. The highest BCUT2D eigenvalue weighted by Crippen LogP contribution is 2.41. The molecule has 0 saturated carbocycles. The quantitative estimate of drug-likeness (QED) is 0.286. The molecule has 0 spiro atoms. The zero-order valence-electron chi connectivity index (χ0n) is 21.0. The minimum absolute atomic E-state index is 0.0718. The summed E-state index contributed by atoms with van der Waals surface area (Å²) < 4.78 is 47.5. The van der Waals surface area contributed by atoms with Crippen LogP contribution in [0, 0.1) is 5.92 Å². The fourth-order valence-electron chi connectivity index (χ4n) is 4.25. The molecule has 4 rings (SSSR count). The Bertz CT molecular complexity index is 1400. The second-order valence-electron chi connectivity index (χ2n) is 9.66. The van der Waals surface area contributed by atoms with Crippen molar-refractivity contribution >= 4 is 35.0 Å². The van der Waals surface area contributed by atoms with Gasteiger partial charge in [-0.15, -0.1) is 18.3 Å². The standard InChI is InChI=1S/C27H28F3N3O3S/c1-6-15-8-9-16-11-21(37-7-2)23(32-19(16)10-15)24-18(14-34)22-20(12-17(13-31-22)27(28,29)30)33(24)25(35)36-26(3,4)5/h6,8-9,11-13,15,34H,1,7,10,14H2,2-5H3. The van der Waals surface area contributed by atoms with Gasteiger partial charge in [-0.25, -0.2) is 14.3 Å². The molecule has 1 unspecified atom stereocenters. The average Bonchev–Trinajstić information content (AvgIpc) is 3.15. The lowest BCUT2D eigenvalue weighted by Crippen LogP contribution is -2.27. The van der Waals surface area contributed by atoms with E-state index in [-0.39, 0.29) is 28.2 Å². The van der Waals surface area contributed by atoms with Crippen molar-refractivity contribution in [3.8, 4) is 11.4 Å². The molecule has 0 saturated heterocycles. The van der Waals surface area contributed by atoms with E-state index in [1.165, 1.54) is 11.8 Å². The number of rotatable bonds is 5. The van der Waals surface area contributed by atoms with Crippen LogP contribution in [-0.2, 0) is 23.9 Å². The topological polar surface area (TPSA) is 77.2 Å². The highest BCUT2D eigenvalue weighted by atomic mass is 32.2. The predicted octanol–water partition coefficient (Wildman–Crippen LogP) is 6.88. The molecule has 3 aromatic heterocycles. The number of thioether (sulfide) groups is 1. The van der Waals surface area contributed by atoms with E-state index < -0.39 is 30.0 Å². The third-order valence-electron chi connectivity index (χ3n) is 5.84. The van der Waals surface area contributed by atoms with Crippen molar-refractivity contribution in [2.45, 2.75) is 57.4 Å². The number of carbonyl (C=O) groups is 1. The van der Waals surface area contributed by atoms with Crippen molar-refractivity contribution in [1.82, 2.24) is 14.5 Å². The van der Waals surface area contributed by atoms with Crippen LogP contribution in [0.25, 0.3) is 28.5 Å². The minimum Gasteiger partial charge on any atom is -0.443 e. The first-order chi connectivity index (χ1) is 17.4. The van der Waals surface area contributed by atoms with Crippen LogP contribution in [0.3, 0.4) is 0 Å². The van der Waals surface area contributed by atoms with Gasteiger partial charge < -0.3 is 9.84 Å². The molecule has 1 aliphatic rings. The number of nitrogens with zero attached hydrogens (tertiary/aromatic N) is 3. The lowest BCUT2D eigenvalue weighted by atomic mass is 9.93. The van der Waals surface area contributed by atoms with E-state index >= 15 is 0 Å². The smallest absolute Gasteiger partial charge is 0.419 e. The monoisotopic (exact) mass is 531 g/mol. The molecule has 0 aromatic carbocycles. The predicted molar refractivity (Wildman–Crippen MR) is 138 cm³/mol. The second kappa shape index (κ2) is 9.98. The molecule has 37 heavy (non-hydrogen) atoms. The van der Waals surface area contributed by atoms with Crippen molar-refractivity contribution in [1.29, 1.82) is 0 Å². The number of pyridine rings is 2. The highest BCUT2D eigenvalue weighted by Gasteiger charge is 2.35. The van der Waals surface area contributed by atoms with Gasteiger partial charge in [0.2, 0.25) is 0 Å². The van der Waals surface area contributed by atoms with Crippen LogP contribution in [0.4, 0.5) is 18.0 Å². The van der Waals surface area contributed by atoms with E-state index in [4.69, 9.17) is 9.72 Å². The number of halogens is 3. The van der Waals surface area contributed by atoms with Gasteiger partial charge in [-0.05, 0) is 44.2 Å². The van der Waals surface area contributed by atoms with E-state index in [9.17, 15) is 23.1 Å². The Kier molecular flexibility index (Phi) is 7.27. The molecule has 3 aromatic rings. The van der Waals surface area contributed by atoms with Crippen LogP contribution in [0.5, 0.6) is 0 Å². The van der Waals surface area contributed by atoms with Crippen molar-refractivity contribution in [2.75, 3.05) is 5.75 Å². The Labute approximate surface area is 217 Å². The lowest BCUT2D eigenvalue weighted by Gasteiger charge is -2.22. The van der Waals surface area contributed by atoms with Gasteiger partial charge in [0.1, 0.15) is 11.3 Å². The number of alkyl halides is 3. The van der Waals surface area contributed by atoms with Gasteiger partial charge in [0, 0.05) is 34.7 Å². The number of aliphatic hydroxyl groups is 1. The van der Waals surface area contributed by atoms with Crippen LogP contribution < -0.4 is 0 Å². The zero-order valence-corrected chi connectivity index (χ0v) is 21.8. The number of fused-ring (bicyclic) bond motifs is 2. The van der Waals surface area contributed by atoms with Gasteiger partial charge >= 0.3 is 12.3 Å². The maximum atomic E-state index is 13.6. The molecule has 3 heterocycles. The van der Waals surface area contributed by atoms with Crippen LogP contribution in [0.1, 0.15) is 50.1 Å². The molecule has 1 aliphatic carbocycles. The normalized spacial score (nSPS) is 15.6. The fraction of sp³-hybridized carbons (Fsp3) is 0.370. The summed E-state index contributed by atoms with van der Waals surface area (Å²) in [5.41, 5.74) is 0.451. The number of ether oxygens (including phenoxy) is 1. The number of allylic oxidation sites excluding steroid dienone is 2. The summed E-state index contributed by atoms with van der Waals surface area (Å²) in [5.74, 6) is 0.756. The summed E-state index contributed by atoms with van der Waals surface area (Å²) in [6.07, 6.45) is 1.54. The maximum Gasteiger partial charge on any atom is 0.419 e. The first-order valence-electron chi connectivity index (χ1n) is 11.8. The molecular formula is C27H28F3N3O3S. The van der Waals surface area contributed by atoms with E-state index in [1.54, 1.807) is 20.8 Å². The number of hydrogen-bond donors (Lipinski definition) is 1. The van der Waals surface area contributed by atoms with Crippen molar-refractivity contribution < 1.29 is 27.8 Å². The number of aliphatic hydroxyl groups excluding tert-OH is 1. The van der Waals surface area contributed by atoms with Gasteiger partial charge in [0.05, 0.1) is 28.9 Å². The van der Waals surface area contributed by atoms with E-state index in [1.807, 2.05) is 31.2 Å². The summed E-state index contributed by atoms with van der Waals surface area (Å²) in [7, 11) is 0. The van der Waals surface area contributed by atoms with Gasteiger partial charge in [0.25, 0.3) is 0 Å². The molecule has 1 N–H and O–H groups in total. The van der Waals surface area contributed by atoms with Gasteiger partial charge in [0.15, 0.2) is 0 Å². The second-order valence-corrected chi connectivity index (χ2v) is 11.0. The first kappa shape index (κ1) is 26.9. The third-order valence-corrected chi connectivity index (χ3v) is 6.76. The van der Waals surface area contributed by atoms with Crippen LogP contribution in [-0.4, -0.2) is 37.1 Å². The summed E-state index contributed by atoms with van der Waals surface area (Å²) in [5, 5.41) is 10.4. The van der Waals surface area contributed by atoms with Crippen LogP contribution >= 0.6 is 11.8 Å². The average molecular weight is 532 g/mol. The molecule has 0 bridgehead atoms. The zero-order chi connectivity index (χ0) is 27.1. The Hall–Kier alpha value is -3.11. The van der Waals surface area contributed by atoms with Crippen molar-refractivity contribution in [3.05, 3.63) is 59.4 Å². The summed E-state index contributed by atoms with van der Waals surface area (Å²) in [6, 6.07) is 2.81. The summed E-state index contributed by atoms with van der Waals surface area (Å²) in [6.45, 7) is 10.3.